The lowest BCUT2D eigenvalue weighted by Crippen LogP contribution is -2.14. The molecule has 0 aliphatic carbocycles. The van der Waals surface area contributed by atoms with Gasteiger partial charge in [0.1, 0.15) is 4.99 Å². The maximum atomic E-state index is 5.72. The van der Waals surface area contributed by atoms with Crippen molar-refractivity contribution >= 4 is 39.8 Å². The summed E-state index contributed by atoms with van der Waals surface area (Å²) >= 11 is 7.27. The zero-order valence-corrected chi connectivity index (χ0v) is 11.6. The molecule has 2 N–H and O–H groups in total. The molecule has 0 aliphatic rings. The molecule has 0 fully saturated rings. The van der Waals surface area contributed by atoms with Crippen LogP contribution in [-0.2, 0) is 0 Å². The number of benzene rings is 1. The third kappa shape index (κ3) is 2.10. The molecule has 0 aliphatic heterocycles. The van der Waals surface area contributed by atoms with Gasteiger partial charge in [0.15, 0.2) is 0 Å². The molecule has 16 heavy (non-hydrogen) atoms. The number of thiocarbonyl (C=S) groups is 1. The van der Waals surface area contributed by atoms with Gasteiger partial charge in [-0.15, -0.1) is 0 Å². The van der Waals surface area contributed by atoms with Crippen LogP contribution in [0.5, 0.6) is 0 Å². The van der Waals surface area contributed by atoms with Crippen LogP contribution < -0.4 is 5.73 Å². The largest absolute Gasteiger partial charge is 0.389 e. The molecule has 1 aromatic carbocycles. The van der Waals surface area contributed by atoms with E-state index in [4.69, 9.17) is 18.0 Å². The third-order valence-corrected chi connectivity index (χ3v) is 3.06. The molecule has 0 bridgehead atoms. The lowest BCUT2D eigenvalue weighted by Gasteiger charge is -2.11. The van der Waals surface area contributed by atoms with E-state index in [9.17, 15) is 0 Å². The fourth-order valence-electron chi connectivity index (χ4n) is 1.59. The predicted octanol–water partition coefficient (Wildman–Crippen LogP) is 2.42. The normalized spacial score (nSPS) is 10.4. The molecule has 5 heteroatoms. The van der Waals surface area contributed by atoms with Gasteiger partial charge in [0.05, 0.1) is 15.5 Å². The van der Waals surface area contributed by atoms with Gasteiger partial charge in [-0.1, -0.05) is 24.4 Å². The molecular weight excluding hydrogens is 333 g/mol. The van der Waals surface area contributed by atoms with Crippen LogP contribution in [-0.4, -0.2) is 14.8 Å². The summed E-state index contributed by atoms with van der Waals surface area (Å²) in [6, 6.07) is 5.88. The van der Waals surface area contributed by atoms with E-state index < -0.39 is 0 Å². The van der Waals surface area contributed by atoms with Crippen LogP contribution in [0.3, 0.4) is 0 Å². The highest BCUT2D eigenvalue weighted by atomic mass is 127. The molecule has 82 valence electrons. The highest BCUT2D eigenvalue weighted by Crippen LogP contribution is 2.19. The van der Waals surface area contributed by atoms with Crippen LogP contribution in [0.4, 0.5) is 0 Å². The average molecular weight is 343 g/mol. The lowest BCUT2D eigenvalue weighted by atomic mass is 10.1. The molecule has 1 aromatic heterocycles. The van der Waals surface area contributed by atoms with Gasteiger partial charge in [-0.3, -0.25) is 0 Å². The van der Waals surface area contributed by atoms with Crippen molar-refractivity contribution in [3.05, 3.63) is 45.3 Å². The average Bonchev–Trinajstić information content (AvgIpc) is 2.64. The molecular formula is C11H10IN3S. The standard InChI is InChI=1S/C11H10IN3S/c1-7-3-2-4-9(11(13)16)10(7)15-6-8(12)5-14-15/h2-6H,1H3,(H2,13,16). The van der Waals surface area contributed by atoms with Gasteiger partial charge in [0.25, 0.3) is 0 Å². The molecule has 0 spiro atoms. The zero-order valence-electron chi connectivity index (χ0n) is 8.64. The van der Waals surface area contributed by atoms with Crippen molar-refractivity contribution in [3.8, 4) is 5.69 Å². The van der Waals surface area contributed by atoms with E-state index in [1.807, 2.05) is 36.0 Å². The number of rotatable bonds is 2. The molecule has 0 saturated heterocycles. The van der Waals surface area contributed by atoms with Crippen molar-refractivity contribution in [1.29, 1.82) is 0 Å². The molecule has 3 nitrogen and oxygen atoms in total. The summed E-state index contributed by atoms with van der Waals surface area (Å²) < 4.78 is 2.89. The van der Waals surface area contributed by atoms with Crippen molar-refractivity contribution < 1.29 is 0 Å². The van der Waals surface area contributed by atoms with Crippen molar-refractivity contribution in [2.24, 2.45) is 5.73 Å². The van der Waals surface area contributed by atoms with Gasteiger partial charge in [-0.25, -0.2) is 4.68 Å². The highest BCUT2D eigenvalue weighted by Gasteiger charge is 2.10. The number of para-hydroxylation sites is 1. The second kappa shape index (κ2) is 4.50. The first-order valence-corrected chi connectivity index (χ1v) is 6.18. The maximum Gasteiger partial charge on any atom is 0.106 e. The number of aromatic nitrogens is 2. The number of hydrogen-bond donors (Lipinski definition) is 1. The topological polar surface area (TPSA) is 43.8 Å². The Balaban J connectivity index is 2.67. The summed E-state index contributed by atoms with van der Waals surface area (Å²) in [5, 5.41) is 4.28. The fraction of sp³-hybridized carbons (Fsp3) is 0.0909. The Bertz CT molecular complexity index is 548. The molecule has 2 rings (SSSR count). The molecule has 0 atom stereocenters. The lowest BCUT2D eigenvalue weighted by molar-refractivity contribution is 0.870. The Morgan fingerprint density at radius 1 is 1.50 bits per heavy atom. The summed E-state index contributed by atoms with van der Waals surface area (Å²) in [5.41, 5.74) is 8.63. The summed E-state index contributed by atoms with van der Waals surface area (Å²) in [7, 11) is 0. The predicted molar refractivity (Wildman–Crippen MR) is 76.9 cm³/mol. The van der Waals surface area contributed by atoms with E-state index in [-0.39, 0.29) is 0 Å². The van der Waals surface area contributed by atoms with Crippen LogP contribution in [0.25, 0.3) is 5.69 Å². The van der Waals surface area contributed by atoms with Gasteiger partial charge in [-0.05, 0) is 41.1 Å². The van der Waals surface area contributed by atoms with Gasteiger partial charge >= 0.3 is 0 Å². The Kier molecular flexibility index (Phi) is 3.25. The van der Waals surface area contributed by atoms with E-state index in [0.717, 1.165) is 20.4 Å². The maximum absolute atomic E-state index is 5.72. The first-order chi connectivity index (χ1) is 7.59. The van der Waals surface area contributed by atoms with Gasteiger partial charge in [0.2, 0.25) is 0 Å². The smallest absolute Gasteiger partial charge is 0.106 e. The van der Waals surface area contributed by atoms with Crippen LogP contribution in [0.2, 0.25) is 0 Å². The second-order valence-electron chi connectivity index (χ2n) is 3.44. The van der Waals surface area contributed by atoms with Crippen LogP contribution >= 0.6 is 34.8 Å². The second-order valence-corrected chi connectivity index (χ2v) is 5.12. The SMILES string of the molecule is Cc1cccc(C(N)=S)c1-n1cc(I)cn1. The van der Waals surface area contributed by atoms with Crippen molar-refractivity contribution in [2.45, 2.75) is 6.92 Å². The summed E-state index contributed by atoms with van der Waals surface area (Å²) in [4.78, 5) is 0.393. The fourth-order valence-corrected chi connectivity index (χ4v) is 2.14. The van der Waals surface area contributed by atoms with Crippen LogP contribution in [0.15, 0.2) is 30.6 Å². The zero-order chi connectivity index (χ0) is 11.7. The van der Waals surface area contributed by atoms with Gasteiger partial charge < -0.3 is 5.73 Å². The summed E-state index contributed by atoms with van der Waals surface area (Å²) in [6.45, 7) is 2.02. The van der Waals surface area contributed by atoms with Crippen molar-refractivity contribution in [2.75, 3.05) is 0 Å². The first-order valence-electron chi connectivity index (χ1n) is 4.69. The van der Waals surface area contributed by atoms with E-state index in [1.165, 1.54) is 0 Å². The monoisotopic (exact) mass is 343 g/mol. The third-order valence-electron chi connectivity index (χ3n) is 2.28. The molecule has 1 heterocycles. The Morgan fingerprint density at radius 2 is 2.25 bits per heavy atom. The highest BCUT2D eigenvalue weighted by molar-refractivity contribution is 14.1. The number of aryl methyl sites for hydroxylation is 1. The molecule has 2 aromatic rings. The number of hydrogen-bond acceptors (Lipinski definition) is 2. The van der Waals surface area contributed by atoms with E-state index in [2.05, 4.69) is 27.7 Å². The molecule has 0 amide bonds. The number of nitrogens with zero attached hydrogens (tertiary/aromatic N) is 2. The Morgan fingerprint density at radius 3 is 2.81 bits per heavy atom. The minimum Gasteiger partial charge on any atom is -0.389 e. The molecule has 0 saturated carbocycles. The van der Waals surface area contributed by atoms with Gasteiger partial charge in [0, 0.05) is 11.8 Å². The first kappa shape index (κ1) is 11.5. The molecule has 0 radical (unpaired) electrons. The molecule has 0 unspecified atom stereocenters. The number of nitrogens with two attached hydrogens (primary N) is 1. The van der Waals surface area contributed by atoms with E-state index >= 15 is 0 Å². The van der Waals surface area contributed by atoms with Crippen molar-refractivity contribution in [1.82, 2.24) is 9.78 Å². The van der Waals surface area contributed by atoms with E-state index in [0.29, 0.717) is 4.99 Å². The van der Waals surface area contributed by atoms with Crippen LogP contribution in [0, 0.1) is 10.5 Å². The summed E-state index contributed by atoms with van der Waals surface area (Å²) in [6.07, 6.45) is 3.75. The number of halogens is 1. The minimum absolute atomic E-state index is 0.393. The Hall–Kier alpha value is -0.950. The minimum atomic E-state index is 0.393. The van der Waals surface area contributed by atoms with E-state index in [1.54, 1.807) is 6.20 Å². The van der Waals surface area contributed by atoms with Crippen molar-refractivity contribution in [3.63, 3.8) is 0 Å². The Labute approximate surface area is 113 Å². The van der Waals surface area contributed by atoms with Crippen LogP contribution in [0.1, 0.15) is 11.1 Å². The van der Waals surface area contributed by atoms with Gasteiger partial charge in [-0.2, -0.15) is 5.10 Å². The quantitative estimate of drug-likeness (QED) is 0.673. The summed E-state index contributed by atoms with van der Waals surface area (Å²) in [5.74, 6) is 0.